The lowest BCUT2D eigenvalue weighted by Gasteiger charge is -1.77. The molecule has 0 radical (unpaired) electrons. The molecule has 0 aromatic rings. The third-order valence-corrected chi connectivity index (χ3v) is 0.569. The van der Waals surface area contributed by atoms with Crippen molar-refractivity contribution in [2.24, 2.45) is 5.73 Å². The summed E-state index contributed by atoms with van der Waals surface area (Å²) in [6.07, 6.45) is 5.07. The Labute approximate surface area is 38.8 Å². The quantitative estimate of drug-likeness (QED) is 0.495. The van der Waals surface area contributed by atoms with Crippen molar-refractivity contribution in [1.82, 2.24) is 0 Å². The van der Waals surface area contributed by atoms with Gasteiger partial charge in [-0.3, -0.25) is 0 Å². The number of nitrogens with two attached hydrogens (primary N) is 1. The molecule has 0 amide bonds. The summed E-state index contributed by atoms with van der Waals surface area (Å²) < 4.78 is 0. The molecule has 0 spiro atoms. The lowest BCUT2D eigenvalue weighted by molar-refractivity contribution is 1.01. The van der Waals surface area contributed by atoms with Crippen LogP contribution in [0.2, 0.25) is 0 Å². The number of allylic oxidation sites excluding steroid dienone is 1. The van der Waals surface area contributed by atoms with E-state index in [1.807, 2.05) is 13.0 Å². The molecule has 0 heterocycles. The smallest absolute Gasteiger partial charge is 0.00426 e. The maximum atomic E-state index is 5.16. The summed E-state index contributed by atoms with van der Waals surface area (Å²) in [5.41, 5.74) is 5.16. The van der Waals surface area contributed by atoms with Crippen molar-refractivity contribution < 1.29 is 0 Å². The number of hydrogen-bond acceptors (Lipinski definition) is 1. The van der Waals surface area contributed by atoms with Gasteiger partial charge in [-0.2, -0.15) is 0 Å². The summed E-state index contributed by atoms with van der Waals surface area (Å²) in [4.78, 5) is 0. The second-order valence-corrected chi connectivity index (χ2v) is 1.15. The molecule has 0 aromatic heterocycles. The average molecular weight is 85.2 g/mol. The van der Waals surface area contributed by atoms with Crippen molar-refractivity contribution in [3.05, 3.63) is 12.2 Å². The molecule has 6 heavy (non-hydrogen) atoms. The van der Waals surface area contributed by atoms with Crippen molar-refractivity contribution in [2.75, 3.05) is 6.54 Å². The van der Waals surface area contributed by atoms with Gasteiger partial charge in [0.15, 0.2) is 0 Å². The highest BCUT2D eigenvalue weighted by atomic mass is 14.5. The average Bonchev–Trinajstić information content (AvgIpc) is 1.61. The van der Waals surface area contributed by atoms with E-state index in [0.29, 0.717) is 0 Å². The van der Waals surface area contributed by atoms with E-state index in [-0.39, 0.29) is 0 Å². The minimum atomic E-state index is 0.768. The van der Waals surface area contributed by atoms with Gasteiger partial charge in [0, 0.05) is 0 Å². The normalized spacial score (nSPS) is 10.3. The third kappa shape index (κ3) is 3.70. The van der Waals surface area contributed by atoms with Crippen molar-refractivity contribution >= 4 is 0 Å². The van der Waals surface area contributed by atoms with Crippen LogP contribution in [0.3, 0.4) is 0 Å². The topological polar surface area (TPSA) is 26.0 Å². The molecule has 36 valence electrons. The Morgan fingerprint density at radius 2 is 2.33 bits per heavy atom. The van der Waals surface area contributed by atoms with Gasteiger partial charge >= 0.3 is 0 Å². The van der Waals surface area contributed by atoms with Gasteiger partial charge in [-0.05, 0) is 19.9 Å². The molecular formula is C5H11N. The first kappa shape index (κ1) is 5.70. The van der Waals surface area contributed by atoms with Gasteiger partial charge in [0.05, 0.1) is 0 Å². The van der Waals surface area contributed by atoms with E-state index in [1.165, 1.54) is 0 Å². The van der Waals surface area contributed by atoms with Gasteiger partial charge in [-0.25, -0.2) is 0 Å². The van der Waals surface area contributed by atoms with Crippen LogP contribution in [0.5, 0.6) is 0 Å². The molecule has 0 aliphatic rings. The van der Waals surface area contributed by atoms with Crippen LogP contribution in [0.25, 0.3) is 0 Å². The second-order valence-electron chi connectivity index (χ2n) is 1.15. The zero-order chi connectivity index (χ0) is 4.83. The highest BCUT2D eigenvalue weighted by molar-refractivity contribution is 4.76. The Balaban J connectivity index is 2.66. The van der Waals surface area contributed by atoms with Crippen molar-refractivity contribution in [2.45, 2.75) is 13.3 Å². The van der Waals surface area contributed by atoms with Crippen LogP contribution >= 0.6 is 0 Å². The van der Waals surface area contributed by atoms with Gasteiger partial charge in [-0.1, -0.05) is 12.2 Å². The fraction of sp³-hybridized carbons (Fsp3) is 0.600. The van der Waals surface area contributed by atoms with Gasteiger partial charge in [-0.15, -0.1) is 0 Å². The predicted octanol–water partition coefficient (Wildman–Crippen LogP) is 0.911. The summed E-state index contributed by atoms with van der Waals surface area (Å²) >= 11 is 0. The third-order valence-electron chi connectivity index (χ3n) is 0.569. The highest BCUT2D eigenvalue weighted by Gasteiger charge is 1.64. The maximum Gasteiger partial charge on any atom is -0.00426 e. The molecule has 2 N–H and O–H groups in total. The summed E-state index contributed by atoms with van der Waals surface area (Å²) in [7, 11) is 0. The second kappa shape index (κ2) is 4.70. The number of rotatable bonds is 2. The van der Waals surface area contributed by atoms with Crippen LogP contribution < -0.4 is 5.73 Å². The van der Waals surface area contributed by atoms with Gasteiger partial charge in [0.1, 0.15) is 0 Å². The Kier molecular flexibility index (Phi) is 4.46. The first-order chi connectivity index (χ1) is 2.91. The summed E-state index contributed by atoms with van der Waals surface area (Å²) in [6, 6.07) is 0. The minimum Gasteiger partial charge on any atom is -0.330 e. The van der Waals surface area contributed by atoms with E-state index in [2.05, 4.69) is 6.08 Å². The Hall–Kier alpha value is -0.300. The van der Waals surface area contributed by atoms with E-state index < -0.39 is 0 Å². The summed E-state index contributed by atoms with van der Waals surface area (Å²) in [5, 5.41) is 0. The van der Waals surface area contributed by atoms with Crippen molar-refractivity contribution in [3.8, 4) is 0 Å². The molecule has 0 saturated carbocycles. The molecule has 1 heteroatoms. The molecule has 0 saturated heterocycles. The first-order valence-corrected chi connectivity index (χ1v) is 2.23. The van der Waals surface area contributed by atoms with Crippen molar-refractivity contribution in [1.29, 1.82) is 0 Å². The molecule has 0 atom stereocenters. The van der Waals surface area contributed by atoms with Gasteiger partial charge in [0.2, 0.25) is 0 Å². The highest BCUT2D eigenvalue weighted by Crippen LogP contribution is 1.73. The molecule has 0 unspecified atom stereocenters. The molecular weight excluding hydrogens is 74.1 g/mol. The van der Waals surface area contributed by atoms with Gasteiger partial charge in [0.25, 0.3) is 0 Å². The lowest BCUT2D eigenvalue weighted by atomic mass is 10.4. The van der Waals surface area contributed by atoms with E-state index in [1.54, 1.807) is 0 Å². The van der Waals surface area contributed by atoms with E-state index >= 15 is 0 Å². The molecule has 0 aliphatic heterocycles. The van der Waals surface area contributed by atoms with Crippen LogP contribution in [0.15, 0.2) is 12.2 Å². The zero-order valence-electron chi connectivity index (χ0n) is 4.15. The van der Waals surface area contributed by atoms with Gasteiger partial charge < -0.3 is 5.73 Å². The fourth-order valence-electron chi connectivity index (χ4n) is 0.263. The van der Waals surface area contributed by atoms with Crippen LogP contribution in [0, 0.1) is 0 Å². The van der Waals surface area contributed by atoms with Crippen LogP contribution in [-0.4, -0.2) is 6.54 Å². The predicted molar refractivity (Wildman–Crippen MR) is 28.5 cm³/mol. The zero-order valence-corrected chi connectivity index (χ0v) is 4.15. The van der Waals surface area contributed by atoms with Crippen LogP contribution in [-0.2, 0) is 0 Å². The van der Waals surface area contributed by atoms with Crippen LogP contribution in [0.4, 0.5) is 0 Å². The van der Waals surface area contributed by atoms with Crippen LogP contribution in [0.1, 0.15) is 13.3 Å². The van der Waals surface area contributed by atoms with E-state index in [4.69, 9.17) is 5.73 Å². The number of hydrogen-bond donors (Lipinski definition) is 1. The largest absolute Gasteiger partial charge is 0.330 e. The summed E-state index contributed by atoms with van der Waals surface area (Å²) in [6.45, 7) is 2.76. The Morgan fingerprint density at radius 3 is 2.50 bits per heavy atom. The fourth-order valence-corrected chi connectivity index (χ4v) is 0.263. The lowest BCUT2D eigenvalue weighted by Crippen LogP contribution is -1.94. The molecule has 0 bridgehead atoms. The molecule has 0 aliphatic carbocycles. The molecule has 0 aromatic carbocycles. The monoisotopic (exact) mass is 85.1 g/mol. The molecule has 1 nitrogen and oxygen atoms in total. The Morgan fingerprint density at radius 1 is 1.67 bits per heavy atom. The SMILES string of the molecule is C/C=C\CCN. The van der Waals surface area contributed by atoms with E-state index in [9.17, 15) is 0 Å². The molecule has 0 rings (SSSR count). The van der Waals surface area contributed by atoms with E-state index in [0.717, 1.165) is 13.0 Å². The minimum absolute atomic E-state index is 0.768. The maximum absolute atomic E-state index is 5.16. The van der Waals surface area contributed by atoms with Crippen molar-refractivity contribution in [3.63, 3.8) is 0 Å². The first-order valence-electron chi connectivity index (χ1n) is 2.23. The standard InChI is InChI=1S/C5H11N/c1-2-3-4-5-6/h2-3H,4-6H2,1H3/b3-2-. The Bertz CT molecular complexity index is 39.2. The molecule has 0 fully saturated rings. The summed E-state index contributed by atoms with van der Waals surface area (Å²) in [5.74, 6) is 0.